The lowest BCUT2D eigenvalue weighted by atomic mass is 10.1. The molecule has 0 radical (unpaired) electrons. The second kappa shape index (κ2) is 7.67. The van der Waals surface area contributed by atoms with E-state index in [0.717, 1.165) is 27.0 Å². The molecule has 0 unspecified atom stereocenters. The van der Waals surface area contributed by atoms with Gasteiger partial charge in [0.2, 0.25) is 5.78 Å². The van der Waals surface area contributed by atoms with E-state index in [4.69, 9.17) is 4.74 Å². The smallest absolute Gasteiger partial charge is 0.321 e. The minimum Gasteiger partial charge on any atom is -0.456 e. The lowest BCUT2D eigenvalue weighted by Gasteiger charge is -2.06. The van der Waals surface area contributed by atoms with E-state index >= 15 is 0 Å². The third-order valence-corrected chi connectivity index (χ3v) is 7.74. The maximum Gasteiger partial charge on any atom is 0.321 e. The first-order valence-corrected chi connectivity index (χ1v) is 10.8. The van der Waals surface area contributed by atoms with Gasteiger partial charge < -0.3 is 4.74 Å². The number of Topliss-reactive ketones (excluding diaryl/α,β-unsaturated/α-hetero) is 1. The number of benzene rings is 1. The van der Waals surface area contributed by atoms with Crippen LogP contribution in [0.15, 0.2) is 46.0 Å². The van der Waals surface area contributed by atoms with E-state index in [1.165, 1.54) is 17.4 Å². The van der Waals surface area contributed by atoms with Gasteiger partial charge in [0.25, 0.3) is 10.0 Å². The van der Waals surface area contributed by atoms with Crippen molar-refractivity contribution in [3.63, 3.8) is 0 Å². The second-order valence-corrected chi connectivity index (χ2v) is 9.39. The summed E-state index contributed by atoms with van der Waals surface area (Å²) in [6, 6.07) is 10.7. The molecule has 0 atom stereocenters. The molecule has 0 saturated carbocycles. The topological polar surface area (TPSA) is 89.5 Å². The number of rotatable bonds is 7. The number of sulfonamides is 1. The van der Waals surface area contributed by atoms with Gasteiger partial charge in [-0.2, -0.15) is 4.72 Å². The van der Waals surface area contributed by atoms with Crippen molar-refractivity contribution >= 4 is 54.5 Å². The van der Waals surface area contributed by atoms with Crippen LogP contribution in [0.3, 0.4) is 0 Å². The molecule has 26 heavy (non-hydrogen) atoms. The number of aryl methyl sites for hydroxylation is 1. The molecule has 0 aliphatic rings. The van der Waals surface area contributed by atoms with Crippen molar-refractivity contribution in [2.75, 3.05) is 13.2 Å². The lowest BCUT2D eigenvalue weighted by Crippen LogP contribution is -2.31. The van der Waals surface area contributed by atoms with Crippen molar-refractivity contribution in [2.45, 2.75) is 11.1 Å². The highest BCUT2D eigenvalue weighted by molar-refractivity contribution is 7.91. The van der Waals surface area contributed by atoms with Crippen LogP contribution < -0.4 is 4.72 Å². The molecule has 0 saturated heterocycles. The van der Waals surface area contributed by atoms with E-state index in [9.17, 15) is 18.0 Å². The standard InChI is InChI=1S/C17H15NO5S3/c1-11-12-5-2-3-6-14(12)25-17(11)13(19)10-23-15(20)9-18-26(21,22)16-7-4-8-24-16/h2-8,18H,9-10H2,1H3. The SMILES string of the molecule is Cc1c(C(=O)COC(=O)CNS(=O)(=O)c2cccs2)sc2ccccc12. The first kappa shape index (κ1) is 18.7. The normalized spacial score (nSPS) is 11.6. The molecule has 0 spiro atoms. The number of carbonyl (C=O) groups is 2. The molecule has 3 aromatic rings. The Hall–Kier alpha value is -2.07. The minimum atomic E-state index is -3.74. The van der Waals surface area contributed by atoms with E-state index < -0.39 is 29.1 Å². The Morgan fingerprint density at radius 2 is 1.92 bits per heavy atom. The van der Waals surface area contributed by atoms with Crippen LogP contribution in [0.1, 0.15) is 15.2 Å². The Balaban J connectivity index is 1.57. The zero-order chi connectivity index (χ0) is 18.7. The third kappa shape index (κ3) is 4.01. The number of hydrogen-bond acceptors (Lipinski definition) is 7. The van der Waals surface area contributed by atoms with Crippen LogP contribution in [-0.4, -0.2) is 33.3 Å². The summed E-state index contributed by atoms with van der Waals surface area (Å²) in [6.45, 7) is 0.898. The Bertz CT molecular complexity index is 1050. The third-order valence-electron chi connectivity index (χ3n) is 3.63. The number of nitrogens with one attached hydrogen (secondary N) is 1. The van der Waals surface area contributed by atoms with E-state index in [1.54, 1.807) is 11.4 Å². The van der Waals surface area contributed by atoms with Crippen LogP contribution in [0.2, 0.25) is 0 Å². The van der Waals surface area contributed by atoms with Crippen molar-refractivity contribution in [1.29, 1.82) is 0 Å². The van der Waals surface area contributed by atoms with Gasteiger partial charge in [0.1, 0.15) is 10.8 Å². The molecule has 3 rings (SSSR count). The predicted octanol–water partition coefficient (Wildman–Crippen LogP) is 2.98. The summed E-state index contributed by atoms with van der Waals surface area (Å²) in [5, 5.41) is 2.62. The Morgan fingerprint density at radius 1 is 1.15 bits per heavy atom. The molecule has 0 aliphatic heterocycles. The highest BCUT2D eigenvalue weighted by atomic mass is 32.2. The number of ketones is 1. The fraction of sp³-hybridized carbons (Fsp3) is 0.176. The van der Waals surface area contributed by atoms with E-state index in [-0.39, 0.29) is 9.99 Å². The molecular weight excluding hydrogens is 394 g/mol. The van der Waals surface area contributed by atoms with Gasteiger partial charge in [-0.15, -0.1) is 22.7 Å². The van der Waals surface area contributed by atoms with Crippen LogP contribution in [-0.2, 0) is 19.6 Å². The van der Waals surface area contributed by atoms with E-state index in [0.29, 0.717) is 4.88 Å². The zero-order valence-corrected chi connectivity index (χ0v) is 16.2. The average Bonchev–Trinajstić information content (AvgIpc) is 3.27. The molecule has 0 aliphatic carbocycles. The molecule has 6 nitrogen and oxygen atoms in total. The predicted molar refractivity (Wildman–Crippen MR) is 101 cm³/mol. The Labute approximate surface area is 158 Å². The maximum absolute atomic E-state index is 12.3. The minimum absolute atomic E-state index is 0.113. The molecule has 0 bridgehead atoms. The van der Waals surface area contributed by atoms with Crippen LogP contribution in [0.5, 0.6) is 0 Å². The molecule has 0 fully saturated rings. The summed E-state index contributed by atoms with van der Waals surface area (Å²) < 4.78 is 32.0. The monoisotopic (exact) mass is 409 g/mol. The van der Waals surface area contributed by atoms with Gasteiger partial charge in [0.05, 0.1) is 4.88 Å². The quantitative estimate of drug-likeness (QED) is 0.479. The molecule has 136 valence electrons. The van der Waals surface area contributed by atoms with Gasteiger partial charge in [-0.05, 0) is 35.4 Å². The highest BCUT2D eigenvalue weighted by Gasteiger charge is 2.19. The summed E-state index contributed by atoms with van der Waals surface area (Å²) in [6.07, 6.45) is 0. The Morgan fingerprint density at radius 3 is 2.62 bits per heavy atom. The van der Waals surface area contributed by atoms with Crippen LogP contribution in [0, 0.1) is 6.92 Å². The highest BCUT2D eigenvalue weighted by Crippen LogP contribution is 2.30. The van der Waals surface area contributed by atoms with Crippen molar-refractivity contribution in [2.24, 2.45) is 0 Å². The van der Waals surface area contributed by atoms with Crippen molar-refractivity contribution in [3.05, 3.63) is 52.2 Å². The van der Waals surface area contributed by atoms with E-state index in [2.05, 4.69) is 4.72 Å². The first-order valence-electron chi connectivity index (χ1n) is 7.58. The summed E-state index contributed by atoms with van der Waals surface area (Å²) in [5.74, 6) is -1.12. The van der Waals surface area contributed by atoms with Crippen molar-refractivity contribution in [3.8, 4) is 0 Å². The van der Waals surface area contributed by atoms with Gasteiger partial charge in [-0.1, -0.05) is 24.3 Å². The maximum atomic E-state index is 12.3. The number of hydrogen-bond donors (Lipinski definition) is 1. The number of esters is 1. The largest absolute Gasteiger partial charge is 0.456 e. The van der Waals surface area contributed by atoms with Gasteiger partial charge in [0, 0.05) is 4.70 Å². The average molecular weight is 410 g/mol. The fourth-order valence-corrected chi connectivity index (χ4v) is 5.48. The number of carbonyl (C=O) groups excluding carboxylic acids is 2. The van der Waals surface area contributed by atoms with E-state index in [1.807, 2.05) is 31.2 Å². The molecule has 2 heterocycles. The van der Waals surface area contributed by atoms with Crippen LogP contribution in [0.4, 0.5) is 0 Å². The van der Waals surface area contributed by atoms with Crippen LogP contribution in [0.25, 0.3) is 10.1 Å². The molecule has 0 amide bonds. The summed E-state index contributed by atoms with van der Waals surface area (Å²) >= 11 is 2.39. The fourth-order valence-electron chi connectivity index (χ4n) is 2.34. The molecular formula is C17H15NO5S3. The number of thiophene rings is 2. The number of ether oxygens (including phenoxy) is 1. The second-order valence-electron chi connectivity index (χ2n) is 5.39. The summed E-state index contributed by atoms with van der Waals surface area (Å²) in [7, 11) is -3.74. The summed E-state index contributed by atoms with van der Waals surface area (Å²) in [4.78, 5) is 24.6. The molecule has 2 aromatic heterocycles. The van der Waals surface area contributed by atoms with Gasteiger partial charge >= 0.3 is 5.97 Å². The Kier molecular flexibility index (Phi) is 5.52. The van der Waals surface area contributed by atoms with Crippen molar-refractivity contribution in [1.82, 2.24) is 4.72 Å². The van der Waals surface area contributed by atoms with Gasteiger partial charge in [0.15, 0.2) is 6.61 Å². The molecule has 9 heteroatoms. The van der Waals surface area contributed by atoms with Crippen LogP contribution >= 0.6 is 22.7 Å². The lowest BCUT2D eigenvalue weighted by molar-refractivity contribution is -0.141. The molecule has 1 N–H and O–H groups in total. The molecule has 1 aromatic carbocycles. The first-order chi connectivity index (χ1) is 12.4. The number of fused-ring (bicyclic) bond motifs is 1. The van der Waals surface area contributed by atoms with Gasteiger partial charge in [-0.3, -0.25) is 9.59 Å². The van der Waals surface area contributed by atoms with Crippen molar-refractivity contribution < 1.29 is 22.7 Å². The zero-order valence-electron chi connectivity index (χ0n) is 13.7. The van der Waals surface area contributed by atoms with Gasteiger partial charge in [-0.25, -0.2) is 8.42 Å². The summed E-state index contributed by atoms with van der Waals surface area (Å²) in [5.41, 5.74) is 0.852.